The van der Waals surface area contributed by atoms with Crippen LogP contribution < -0.4 is 0 Å². The molecule has 1 unspecified atom stereocenters. The first-order valence-electron chi connectivity index (χ1n) is 5.00. The molecular weight excluding hydrogens is 234 g/mol. The molecule has 0 aromatic rings. The molecule has 1 fully saturated rings. The molecule has 0 N–H and O–H groups in total. The van der Waals surface area contributed by atoms with Crippen LogP contribution in [-0.2, 0) is 19.2 Å². The molecule has 94 valence electrons. The molecule has 0 saturated carbocycles. The molecule has 0 aromatic carbocycles. The Kier molecular flexibility index (Phi) is 3.22. The number of nitrogens with zero attached hydrogens (tertiary/aromatic N) is 1. The van der Waals surface area contributed by atoms with Crippen molar-refractivity contribution in [3.05, 3.63) is 0 Å². The van der Waals surface area contributed by atoms with E-state index in [0.717, 1.165) is 0 Å². The normalized spacial score (nSPS) is 29.2. The zero-order chi connectivity index (χ0) is 12.7. The van der Waals surface area contributed by atoms with Crippen LogP contribution in [0.4, 0.5) is 4.79 Å². The summed E-state index contributed by atoms with van der Waals surface area (Å²) in [5, 5.41) is 0. The van der Waals surface area contributed by atoms with Gasteiger partial charge in [0.1, 0.15) is 5.60 Å². The highest BCUT2D eigenvalue weighted by atomic mass is 32.2. The summed E-state index contributed by atoms with van der Waals surface area (Å²) in [6.07, 6.45) is -1.46. The third kappa shape index (κ3) is 2.65. The Labute approximate surface area is 95.8 Å². The summed E-state index contributed by atoms with van der Waals surface area (Å²) in [6.45, 7) is 8.19. The summed E-state index contributed by atoms with van der Waals surface area (Å²) in [5.41, 5.74) is -0.738. The minimum atomic E-state index is -4.00. The lowest BCUT2D eigenvalue weighted by Crippen LogP contribution is -2.42. The zero-order valence-electron chi connectivity index (χ0n) is 10.1. The van der Waals surface area contributed by atoms with Gasteiger partial charge in [-0.15, -0.1) is 0 Å². The first kappa shape index (κ1) is 13.2. The molecule has 1 rings (SSSR count). The van der Waals surface area contributed by atoms with Crippen LogP contribution in [0.3, 0.4) is 0 Å². The second-order valence-electron chi connectivity index (χ2n) is 4.78. The lowest BCUT2D eigenvalue weighted by molar-refractivity contribution is 0.0351. The molecule has 1 heterocycles. The van der Waals surface area contributed by atoms with Gasteiger partial charge in [0.25, 0.3) is 0 Å². The maximum Gasteiger partial charge on any atom is 0.426 e. The van der Waals surface area contributed by atoms with E-state index < -0.39 is 34.1 Å². The van der Waals surface area contributed by atoms with Crippen molar-refractivity contribution in [3.8, 4) is 0 Å². The van der Waals surface area contributed by atoms with Crippen molar-refractivity contribution in [2.24, 2.45) is 0 Å². The van der Waals surface area contributed by atoms with Crippen LogP contribution in [0.15, 0.2) is 0 Å². The summed E-state index contributed by atoms with van der Waals surface area (Å²) in [7, 11) is -4.00. The molecule has 0 radical (unpaired) electrons. The van der Waals surface area contributed by atoms with Crippen LogP contribution in [0.2, 0.25) is 0 Å². The molecule has 1 aliphatic rings. The SMILES string of the molecule is CC1OS(=O)(=O)N(C(=O)OC(C)(C)C)[C@@H]1C. The fourth-order valence-corrected chi connectivity index (χ4v) is 2.71. The fraction of sp³-hybridized carbons (Fsp3) is 0.889. The maximum atomic E-state index is 11.7. The standard InChI is InChI=1S/C9H17NO5S/c1-6-7(2)15-16(12,13)10(6)8(11)14-9(3,4)5/h6-7H,1-5H3/t6-,7?/m1/s1. The van der Waals surface area contributed by atoms with Crippen LogP contribution in [0, 0.1) is 0 Å². The second kappa shape index (κ2) is 3.89. The van der Waals surface area contributed by atoms with Crippen molar-refractivity contribution in [2.45, 2.75) is 52.4 Å². The number of rotatable bonds is 0. The van der Waals surface area contributed by atoms with Crippen molar-refractivity contribution < 1.29 is 22.1 Å². The smallest absolute Gasteiger partial charge is 0.426 e. The number of hydrogen-bond acceptors (Lipinski definition) is 5. The fourth-order valence-electron chi connectivity index (χ4n) is 1.28. The number of ether oxygens (including phenoxy) is 1. The molecule has 7 heteroatoms. The predicted molar refractivity (Wildman–Crippen MR) is 57.0 cm³/mol. The first-order valence-corrected chi connectivity index (χ1v) is 6.37. The lowest BCUT2D eigenvalue weighted by Gasteiger charge is -2.24. The molecule has 1 saturated heterocycles. The average molecular weight is 251 g/mol. The van der Waals surface area contributed by atoms with Gasteiger partial charge in [-0.3, -0.25) is 0 Å². The Bertz CT molecular complexity index is 383. The Morgan fingerprint density at radius 3 is 2.12 bits per heavy atom. The number of carbonyl (C=O) groups excluding carboxylic acids is 1. The molecule has 0 aromatic heterocycles. The van der Waals surface area contributed by atoms with Crippen molar-refractivity contribution >= 4 is 16.4 Å². The average Bonchev–Trinajstić information content (AvgIpc) is 2.16. The first-order chi connectivity index (χ1) is 7.04. The number of carbonyl (C=O) groups is 1. The van der Waals surface area contributed by atoms with Crippen molar-refractivity contribution in [1.29, 1.82) is 0 Å². The van der Waals surface area contributed by atoms with Gasteiger partial charge in [-0.1, -0.05) is 0 Å². The largest absolute Gasteiger partial charge is 0.443 e. The van der Waals surface area contributed by atoms with E-state index in [0.29, 0.717) is 4.31 Å². The minimum absolute atomic E-state index is 0.556. The molecule has 6 nitrogen and oxygen atoms in total. The molecule has 1 amide bonds. The zero-order valence-corrected chi connectivity index (χ0v) is 10.9. The molecule has 2 atom stereocenters. The van der Waals surface area contributed by atoms with Gasteiger partial charge in [0.2, 0.25) is 0 Å². The predicted octanol–water partition coefficient (Wildman–Crippen LogP) is 1.28. The Hall–Kier alpha value is -0.820. The third-order valence-corrected chi connectivity index (χ3v) is 3.65. The van der Waals surface area contributed by atoms with Crippen LogP contribution in [0.1, 0.15) is 34.6 Å². The van der Waals surface area contributed by atoms with Gasteiger partial charge in [-0.2, -0.15) is 12.7 Å². The quantitative estimate of drug-likeness (QED) is 0.648. The van der Waals surface area contributed by atoms with E-state index in [9.17, 15) is 13.2 Å². The molecule has 1 aliphatic heterocycles. The van der Waals surface area contributed by atoms with E-state index in [1.54, 1.807) is 34.6 Å². The van der Waals surface area contributed by atoms with Gasteiger partial charge in [-0.25, -0.2) is 8.98 Å². The van der Waals surface area contributed by atoms with Gasteiger partial charge in [0.05, 0.1) is 12.1 Å². The van der Waals surface area contributed by atoms with Gasteiger partial charge in [0.15, 0.2) is 0 Å². The maximum absolute atomic E-state index is 11.7. The van der Waals surface area contributed by atoms with Crippen LogP contribution in [0.25, 0.3) is 0 Å². The van der Waals surface area contributed by atoms with Crippen molar-refractivity contribution in [1.82, 2.24) is 4.31 Å². The molecule has 0 bridgehead atoms. The van der Waals surface area contributed by atoms with Crippen LogP contribution in [-0.4, -0.2) is 36.6 Å². The van der Waals surface area contributed by atoms with E-state index in [-0.39, 0.29) is 0 Å². The number of hydrogen-bond donors (Lipinski definition) is 0. The van der Waals surface area contributed by atoms with Crippen molar-refractivity contribution in [2.75, 3.05) is 0 Å². The monoisotopic (exact) mass is 251 g/mol. The van der Waals surface area contributed by atoms with E-state index >= 15 is 0 Å². The van der Waals surface area contributed by atoms with Crippen LogP contribution >= 0.6 is 0 Å². The van der Waals surface area contributed by atoms with Crippen LogP contribution in [0.5, 0.6) is 0 Å². The van der Waals surface area contributed by atoms with Crippen molar-refractivity contribution in [3.63, 3.8) is 0 Å². The van der Waals surface area contributed by atoms with Gasteiger partial charge in [-0.05, 0) is 34.6 Å². The Morgan fingerprint density at radius 2 is 1.81 bits per heavy atom. The highest BCUT2D eigenvalue weighted by Crippen LogP contribution is 2.26. The topological polar surface area (TPSA) is 72.9 Å². The summed E-state index contributed by atoms with van der Waals surface area (Å²) in [6, 6.07) is -0.556. The Balaban J connectivity index is 2.92. The van der Waals surface area contributed by atoms with Gasteiger partial charge in [0, 0.05) is 0 Å². The molecule has 0 aliphatic carbocycles. The minimum Gasteiger partial charge on any atom is -0.443 e. The van der Waals surface area contributed by atoms with E-state index in [1.807, 2.05) is 0 Å². The molecular formula is C9H17NO5S. The van der Waals surface area contributed by atoms with Gasteiger partial charge < -0.3 is 4.74 Å². The second-order valence-corrected chi connectivity index (χ2v) is 6.22. The van der Waals surface area contributed by atoms with Gasteiger partial charge >= 0.3 is 16.4 Å². The molecule has 16 heavy (non-hydrogen) atoms. The van der Waals surface area contributed by atoms with E-state index in [4.69, 9.17) is 8.92 Å². The third-order valence-electron chi connectivity index (χ3n) is 2.14. The highest BCUT2D eigenvalue weighted by molar-refractivity contribution is 7.85. The summed E-state index contributed by atoms with van der Waals surface area (Å²) >= 11 is 0. The molecule has 0 spiro atoms. The Morgan fingerprint density at radius 1 is 1.31 bits per heavy atom. The number of amides is 1. The highest BCUT2D eigenvalue weighted by Gasteiger charge is 2.46. The van der Waals surface area contributed by atoms with E-state index in [2.05, 4.69) is 0 Å². The summed E-state index contributed by atoms with van der Waals surface area (Å²) < 4.78 is 33.4. The lowest BCUT2D eigenvalue weighted by atomic mass is 10.2. The summed E-state index contributed by atoms with van der Waals surface area (Å²) in [4.78, 5) is 11.7. The summed E-state index contributed by atoms with van der Waals surface area (Å²) in [5.74, 6) is 0. The van der Waals surface area contributed by atoms with E-state index in [1.165, 1.54) is 0 Å².